The van der Waals surface area contributed by atoms with Crippen molar-refractivity contribution in [2.24, 2.45) is 0 Å². The lowest BCUT2D eigenvalue weighted by Crippen LogP contribution is -2.20. The summed E-state index contributed by atoms with van der Waals surface area (Å²) in [6.07, 6.45) is 7.44. The van der Waals surface area contributed by atoms with E-state index in [9.17, 15) is 8.78 Å². The number of hydrogen-bond acceptors (Lipinski definition) is 4. The van der Waals surface area contributed by atoms with E-state index in [2.05, 4.69) is 19.2 Å². The molecule has 0 aliphatic heterocycles. The van der Waals surface area contributed by atoms with Crippen molar-refractivity contribution in [3.05, 3.63) is 34.6 Å². The second kappa shape index (κ2) is 10.2. The van der Waals surface area contributed by atoms with Crippen LogP contribution in [0.25, 0.3) is 11.3 Å². The van der Waals surface area contributed by atoms with E-state index in [0.29, 0.717) is 30.1 Å². The summed E-state index contributed by atoms with van der Waals surface area (Å²) in [7, 11) is 0. The zero-order valence-electron chi connectivity index (χ0n) is 18.5. The molecule has 0 amide bonds. The molecule has 6 heteroatoms. The molecular formula is C24H33F2N3O. The Balaban J connectivity index is 2.13. The maximum absolute atomic E-state index is 13.2. The number of benzene rings is 1. The van der Waals surface area contributed by atoms with Gasteiger partial charge in [0.05, 0.1) is 17.1 Å². The van der Waals surface area contributed by atoms with Crippen LogP contribution in [0.2, 0.25) is 0 Å². The third-order valence-electron chi connectivity index (χ3n) is 5.95. The van der Waals surface area contributed by atoms with Crippen molar-refractivity contribution in [3.63, 3.8) is 0 Å². The van der Waals surface area contributed by atoms with Crippen LogP contribution in [0.1, 0.15) is 75.9 Å². The van der Waals surface area contributed by atoms with Crippen molar-refractivity contribution in [1.82, 2.24) is 9.97 Å². The molecule has 1 aromatic heterocycles. The van der Waals surface area contributed by atoms with Crippen molar-refractivity contribution in [1.29, 1.82) is 0 Å². The molecule has 0 radical (unpaired) electrons. The van der Waals surface area contributed by atoms with E-state index in [1.165, 1.54) is 5.56 Å². The van der Waals surface area contributed by atoms with E-state index in [1.807, 2.05) is 19.9 Å². The van der Waals surface area contributed by atoms with Gasteiger partial charge in [0.2, 0.25) is 0 Å². The number of nitrogens with one attached hydrogen (secondary N) is 1. The van der Waals surface area contributed by atoms with Crippen molar-refractivity contribution >= 4 is 5.82 Å². The van der Waals surface area contributed by atoms with Gasteiger partial charge in [-0.25, -0.2) is 9.97 Å². The summed E-state index contributed by atoms with van der Waals surface area (Å²) >= 11 is 0. The smallest absolute Gasteiger partial charge is 0.387 e. The van der Waals surface area contributed by atoms with E-state index >= 15 is 0 Å². The maximum Gasteiger partial charge on any atom is 0.387 e. The third kappa shape index (κ3) is 4.90. The summed E-state index contributed by atoms with van der Waals surface area (Å²) in [5.41, 5.74) is 5.26. The molecule has 3 rings (SSSR count). The van der Waals surface area contributed by atoms with Gasteiger partial charge in [-0.15, -0.1) is 0 Å². The molecule has 0 saturated carbocycles. The predicted molar refractivity (Wildman–Crippen MR) is 117 cm³/mol. The highest BCUT2D eigenvalue weighted by molar-refractivity contribution is 5.72. The number of fused-ring (bicyclic) bond motifs is 1. The highest BCUT2D eigenvalue weighted by atomic mass is 19.3. The number of aryl methyl sites for hydroxylation is 4. The first-order chi connectivity index (χ1) is 14.5. The number of halogens is 2. The van der Waals surface area contributed by atoms with Gasteiger partial charge in [-0.05, 0) is 74.6 Å². The Kier molecular flexibility index (Phi) is 7.62. The fraction of sp³-hybridized carbons (Fsp3) is 0.583. The first-order valence-electron chi connectivity index (χ1n) is 11.3. The fourth-order valence-electron chi connectivity index (χ4n) is 4.16. The van der Waals surface area contributed by atoms with Gasteiger partial charge in [0.1, 0.15) is 11.6 Å². The van der Waals surface area contributed by atoms with Gasteiger partial charge in [0, 0.05) is 11.6 Å². The molecule has 1 aromatic carbocycles. The van der Waals surface area contributed by atoms with Gasteiger partial charge in [0.25, 0.3) is 0 Å². The van der Waals surface area contributed by atoms with Crippen LogP contribution in [0.3, 0.4) is 0 Å². The minimum Gasteiger partial charge on any atom is -0.434 e. The van der Waals surface area contributed by atoms with Crippen LogP contribution in [0.4, 0.5) is 14.6 Å². The normalized spacial score (nSPS) is 13.6. The minimum atomic E-state index is -2.87. The monoisotopic (exact) mass is 417 g/mol. The van der Waals surface area contributed by atoms with Crippen molar-refractivity contribution in [3.8, 4) is 17.0 Å². The zero-order valence-corrected chi connectivity index (χ0v) is 18.5. The van der Waals surface area contributed by atoms with Crippen molar-refractivity contribution < 1.29 is 13.5 Å². The number of alkyl halides is 2. The van der Waals surface area contributed by atoms with Crippen LogP contribution in [0.15, 0.2) is 12.1 Å². The van der Waals surface area contributed by atoms with E-state index in [-0.39, 0.29) is 5.75 Å². The standard InChI is InChI=1S/C24H33F2N3O/c1-5-17(6-2)27-23-20(8-4)28-22(19(7-3)29-23)18-13-15-11-9-10-12-16(15)14-21(18)30-24(25)26/h13-14,17,24H,5-12H2,1-4H3,(H,27,29). The largest absolute Gasteiger partial charge is 0.434 e. The summed E-state index contributed by atoms with van der Waals surface area (Å²) in [4.78, 5) is 9.81. The summed E-state index contributed by atoms with van der Waals surface area (Å²) in [5.74, 6) is 1.01. The van der Waals surface area contributed by atoms with Gasteiger partial charge < -0.3 is 10.1 Å². The number of anilines is 1. The molecule has 0 bridgehead atoms. The Morgan fingerprint density at radius 3 is 2.13 bits per heavy atom. The molecule has 1 aliphatic rings. The van der Waals surface area contributed by atoms with E-state index in [0.717, 1.165) is 61.3 Å². The second-order valence-corrected chi connectivity index (χ2v) is 7.88. The molecule has 1 aliphatic carbocycles. The SMILES string of the molecule is CCc1nc(-c2cc3c(cc2OC(F)F)CCCC3)c(CC)nc1NC(CC)CC. The summed E-state index contributed by atoms with van der Waals surface area (Å²) < 4.78 is 31.3. The summed E-state index contributed by atoms with van der Waals surface area (Å²) in [6.45, 7) is 5.49. The molecule has 30 heavy (non-hydrogen) atoms. The topological polar surface area (TPSA) is 47.0 Å². The number of aromatic nitrogens is 2. The number of hydrogen-bond donors (Lipinski definition) is 1. The van der Waals surface area contributed by atoms with Crippen LogP contribution < -0.4 is 10.1 Å². The molecule has 0 unspecified atom stereocenters. The third-order valence-corrected chi connectivity index (χ3v) is 5.95. The lowest BCUT2D eigenvalue weighted by Gasteiger charge is -2.22. The van der Waals surface area contributed by atoms with Gasteiger partial charge in [-0.3, -0.25) is 0 Å². The van der Waals surface area contributed by atoms with E-state index in [1.54, 1.807) is 6.07 Å². The summed E-state index contributed by atoms with van der Waals surface area (Å²) in [5, 5.41) is 3.52. The molecule has 1 heterocycles. The van der Waals surface area contributed by atoms with E-state index < -0.39 is 6.61 Å². The van der Waals surface area contributed by atoms with Gasteiger partial charge in [-0.1, -0.05) is 27.7 Å². The molecule has 164 valence electrons. The summed E-state index contributed by atoms with van der Waals surface area (Å²) in [6, 6.07) is 4.13. The van der Waals surface area contributed by atoms with Gasteiger partial charge in [-0.2, -0.15) is 8.78 Å². The Morgan fingerprint density at radius 2 is 1.57 bits per heavy atom. The van der Waals surface area contributed by atoms with Crippen LogP contribution in [-0.4, -0.2) is 22.6 Å². The van der Waals surface area contributed by atoms with Crippen molar-refractivity contribution in [2.45, 2.75) is 91.7 Å². The van der Waals surface area contributed by atoms with Crippen LogP contribution in [0, 0.1) is 0 Å². The highest BCUT2D eigenvalue weighted by Crippen LogP contribution is 2.38. The van der Waals surface area contributed by atoms with E-state index in [4.69, 9.17) is 14.7 Å². The fourth-order valence-corrected chi connectivity index (χ4v) is 4.16. The lowest BCUT2D eigenvalue weighted by atomic mass is 9.89. The van der Waals surface area contributed by atoms with Gasteiger partial charge >= 0.3 is 6.61 Å². The Bertz CT molecular complexity index is 866. The first-order valence-corrected chi connectivity index (χ1v) is 11.3. The van der Waals surface area contributed by atoms with Gasteiger partial charge in [0.15, 0.2) is 0 Å². The molecule has 2 aromatic rings. The number of ether oxygens (including phenoxy) is 1. The number of nitrogens with zero attached hydrogens (tertiary/aromatic N) is 2. The minimum absolute atomic E-state index is 0.206. The quantitative estimate of drug-likeness (QED) is 0.516. The average Bonchev–Trinajstić information content (AvgIpc) is 2.76. The average molecular weight is 418 g/mol. The molecule has 4 nitrogen and oxygen atoms in total. The van der Waals surface area contributed by atoms with Crippen molar-refractivity contribution in [2.75, 3.05) is 5.32 Å². The maximum atomic E-state index is 13.2. The zero-order chi connectivity index (χ0) is 21.7. The van der Waals surface area contributed by atoms with Crippen LogP contribution in [-0.2, 0) is 25.7 Å². The lowest BCUT2D eigenvalue weighted by molar-refractivity contribution is -0.0495. The first kappa shape index (κ1) is 22.4. The molecular weight excluding hydrogens is 384 g/mol. The van der Waals surface area contributed by atoms with Crippen LogP contribution in [0.5, 0.6) is 5.75 Å². The molecule has 0 spiro atoms. The second-order valence-electron chi connectivity index (χ2n) is 7.88. The Labute approximate surface area is 178 Å². The highest BCUT2D eigenvalue weighted by Gasteiger charge is 2.22. The molecule has 0 atom stereocenters. The predicted octanol–water partition coefficient (Wildman–Crippen LogP) is 6.35. The molecule has 0 fully saturated rings. The number of rotatable bonds is 9. The van der Waals surface area contributed by atoms with Crippen LogP contribution >= 0.6 is 0 Å². The molecule has 1 N–H and O–H groups in total. The Hall–Kier alpha value is -2.24. The Morgan fingerprint density at radius 1 is 0.933 bits per heavy atom. The molecule has 0 saturated heterocycles.